The molecule has 2 saturated heterocycles. The third-order valence-electron chi connectivity index (χ3n) is 6.88. The maximum absolute atomic E-state index is 13.8. The van der Waals surface area contributed by atoms with Crippen LogP contribution < -0.4 is 14.4 Å². The van der Waals surface area contributed by atoms with Gasteiger partial charge < -0.3 is 33.3 Å². The van der Waals surface area contributed by atoms with Gasteiger partial charge in [-0.3, -0.25) is 9.59 Å². The van der Waals surface area contributed by atoms with Crippen LogP contribution in [0.15, 0.2) is 24.8 Å². The van der Waals surface area contributed by atoms with Gasteiger partial charge in [0.05, 0.1) is 38.1 Å². The highest BCUT2D eigenvalue weighted by molar-refractivity contribution is 6.06. The van der Waals surface area contributed by atoms with Gasteiger partial charge in [-0.25, -0.2) is 9.69 Å². The van der Waals surface area contributed by atoms with Gasteiger partial charge in [-0.2, -0.15) is 0 Å². The molecule has 1 aromatic carbocycles. The third-order valence-corrected chi connectivity index (χ3v) is 6.88. The zero-order chi connectivity index (χ0) is 27.1. The van der Waals surface area contributed by atoms with Gasteiger partial charge in [0.15, 0.2) is 24.0 Å². The van der Waals surface area contributed by atoms with Crippen LogP contribution in [0, 0.1) is 0 Å². The molecule has 0 N–H and O–H groups in total. The smallest absolute Gasteiger partial charge is 0.416 e. The van der Waals surface area contributed by atoms with E-state index in [1.807, 2.05) is 0 Å². The average Bonchev–Trinajstić information content (AvgIpc) is 3.40. The average molecular weight is 533 g/mol. The van der Waals surface area contributed by atoms with Crippen molar-refractivity contribution in [3.05, 3.63) is 30.4 Å². The summed E-state index contributed by atoms with van der Waals surface area (Å²) < 4.78 is 33.9. The molecule has 0 bridgehead atoms. The number of rotatable bonds is 10. The van der Waals surface area contributed by atoms with E-state index in [2.05, 4.69) is 11.3 Å². The van der Waals surface area contributed by atoms with E-state index in [4.69, 9.17) is 23.7 Å². The minimum atomic E-state index is -0.830. The number of fused-ring (bicyclic) bond motifs is 2. The molecule has 11 nitrogen and oxygen atoms in total. The Morgan fingerprint density at radius 2 is 2.00 bits per heavy atom. The first-order valence-electron chi connectivity index (χ1n) is 13.0. The molecule has 11 heteroatoms. The minimum Gasteiger partial charge on any atom is -0.493 e. The Bertz CT molecular complexity index is 1020. The molecule has 3 aliphatic heterocycles. The van der Waals surface area contributed by atoms with E-state index in [0.717, 1.165) is 19.3 Å². The van der Waals surface area contributed by atoms with Crippen molar-refractivity contribution in [3.8, 4) is 11.5 Å². The van der Waals surface area contributed by atoms with Crippen LogP contribution in [0.2, 0.25) is 0 Å². The molecule has 1 aromatic rings. The summed E-state index contributed by atoms with van der Waals surface area (Å²) in [5, 5.41) is 0. The number of carbonyl (C=O) groups excluding carboxylic acids is 3. The number of carbonyl (C=O) groups is 3. The Hall–Kier alpha value is -3.31. The molecule has 2 amide bonds. The van der Waals surface area contributed by atoms with Crippen LogP contribution in [0.4, 0.5) is 10.5 Å². The standard InChI is InChI=1S/C27H36N2O9/c1-4-13-37-27(32)29-20-17-22(35-15-8-10-23(30)34-3)21(33-2)16-18(20)25(31)28-12-7-9-19(28)26(29)38-24-11-5-6-14-36-24/h4,16-17,19,24,26H,1,5-15H2,2-3H3/t19-,24?,26?/m0/s1. The number of hydrogen-bond donors (Lipinski definition) is 0. The molecule has 0 aromatic heterocycles. The van der Waals surface area contributed by atoms with Gasteiger partial charge >= 0.3 is 12.1 Å². The van der Waals surface area contributed by atoms with Crippen LogP contribution in [0.3, 0.4) is 0 Å². The van der Waals surface area contributed by atoms with Gasteiger partial charge in [0.2, 0.25) is 0 Å². The van der Waals surface area contributed by atoms with E-state index in [0.29, 0.717) is 49.6 Å². The predicted molar refractivity (Wildman–Crippen MR) is 136 cm³/mol. The van der Waals surface area contributed by atoms with E-state index >= 15 is 0 Å². The van der Waals surface area contributed by atoms with Gasteiger partial charge in [-0.05, 0) is 44.6 Å². The quantitative estimate of drug-likeness (QED) is 0.253. The molecule has 3 aliphatic rings. The predicted octanol–water partition coefficient (Wildman–Crippen LogP) is 3.64. The highest BCUT2D eigenvalue weighted by atomic mass is 16.7. The summed E-state index contributed by atoms with van der Waals surface area (Å²) >= 11 is 0. The number of ether oxygens (including phenoxy) is 6. The number of amides is 2. The van der Waals surface area contributed by atoms with Crippen LogP contribution in [-0.2, 0) is 23.7 Å². The molecule has 0 spiro atoms. The monoisotopic (exact) mass is 532 g/mol. The molecule has 3 atom stereocenters. The summed E-state index contributed by atoms with van der Waals surface area (Å²) in [5.41, 5.74) is 0.574. The van der Waals surface area contributed by atoms with Crippen molar-refractivity contribution in [2.75, 3.05) is 45.5 Å². The molecule has 0 aliphatic carbocycles. The second kappa shape index (κ2) is 13.0. The molecular weight excluding hydrogens is 496 g/mol. The van der Waals surface area contributed by atoms with Crippen molar-refractivity contribution < 1.29 is 42.8 Å². The van der Waals surface area contributed by atoms with E-state index in [1.54, 1.807) is 17.0 Å². The topological polar surface area (TPSA) is 113 Å². The number of methoxy groups -OCH3 is 2. The highest BCUT2D eigenvalue weighted by Gasteiger charge is 2.47. The van der Waals surface area contributed by atoms with Crippen LogP contribution in [0.5, 0.6) is 11.5 Å². The minimum absolute atomic E-state index is 0.00726. The molecule has 0 saturated carbocycles. The van der Waals surface area contributed by atoms with Crippen molar-refractivity contribution >= 4 is 23.7 Å². The molecular formula is C27H36N2O9. The van der Waals surface area contributed by atoms with Gasteiger partial charge in [-0.15, -0.1) is 0 Å². The van der Waals surface area contributed by atoms with Crippen molar-refractivity contribution in [1.82, 2.24) is 4.90 Å². The van der Waals surface area contributed by atoms with Gasteiger partial charge in [0.1, 0.15) is 6.61 Å². The van der Waals surface area contributed by atoms with Gasteiger partial charge in [-0.1, -0.05) is 12.7 Å². The van der Waals surface area contributed by atoms with Crippen molar-refractivity contribution in [2.24, 2.45) is 0 Å². The lowest BCUT2D eigenvalue weighted by Crippen LogP contribution is -2.54. The van der Waals surface area contributed by atoms with Crippen molar-refractivity contribution in [1.29, 1.82) is 0 Å². The van der Waals surface area contributed by atoms with Crippen molar-refractivity contribution in [2.45, 2.75) is 63.5 Å². The van der Waals surface area contributed by atoms with E-state index < -0.39 is 18.6 Å². The van der Waals surface area contributed by atoms with Gasteiger partial charge in [0, 0.05) is 25.6 Å². The Labute approximate surface area is 222 Å². The van der Waals surface area contributed by atoms with Crippen LogP contribution in [-0.4, -0.2) is 82.0 Å². The van der Waals surface area contributed by atoms with Gasteiger partial charge in [0.25, 0.3) is 5.91 Å². The fourth-order valence-electron chi connectivity index (χ4n) is 5.03. The zero-order valence-corrected chi connectivity index (χ0v) is 22.0. The maximum Gasteiger partial charge on any atom is 0.416 e. The summed E-state index contributed by atoms with van der Waals surface area (Å²) in [4.78, 5) is 41.9. The Morgan fingerprint density at radius 3 is 2.71 bits per heavy atom. The molecule has 2 unspecified atom stereocenters. The first-order chi connectivity index (χ1) is 18.5. The SMILES string of the molecule is C=CCOC(=O)N1c2cc(OCCCC(=O)OC)c(OC)cc2C(=O)N2CCC[C@H]2C1OC1CCCCO1. The van der Waals surface area contributed by atoms with E-state index in [-0.39, 0.29) is 43.1 Å². The zero-order valence-electron chi connectivity index (χ0n) is 22.0. The number of nitrogens with zero attached hydrogens (tertiary/aromatic N) is 2. The van der Waals surface area contributed by atoms with E-state index in [9.17, 15) is 14.4 Å². The Balaban J connectivity index is 1.74. The second-order valence-electron chi connectivity index (χ2n) is 9.31. The summed E-state index contributed by atoms with van der Waals surface area (Å²) in [6.07, 6.45) is 4.11. The third kappa shape index (κ3) is 6.05. The van der Waals surface area contributed by atoms with Crippen LogP contribution in [0.25, 0.3) is 0 Å². The number of benzene rings is 1. The summed E-state index contributed by atoms with van der Waals surface area (Å²) in [5.74, 6) is 0.0884. The molecule has 2 fully saturated rings. The lowest BCUT2D eigenvalue weighted by Gasteiger charge is -2.38. The number of hydrogen-bond acceptors (Lipinski definition) is 9. The highest BCUT2D eigenvalue weighted by Crippen LogP contribution is 2.42. The van der Waals surface area contributed by atoms with Crippen molar-refractivity contribution in [3.63, 3.8) is 0 Å². The fourth-order valence-corrected chi connectivity index (χ4v) is 5.03. The normalized spacial score (nSPS) is 22.7. The lowest BCUT2D eigenvalue weighted by atomic mass is 10.1. The summed E-state index contributed by atoms with van der Waals surface area (Å²) in [7, 11) is 2.81. The first kappa shape index (κ1) is 27.7. The first-order valence-corrected chi connectivity index (χ1v) is 13.0. The number of anilines is 1. The Kier molecular flexibility index (Phi) is 9.46. The molecule has 3 heterocycles. The second-order valence-corrected chi connectivity index (χ2v) is 9.31. The molecule has 38 heavy (non-hydrogen) atoms. The molecule has 0 radical (unpaired) electrons. The lowest BCUT2D eigenvalue weighted by molar-refractivity contribution is -0.195. The van der Waals surface area contributed by atoms with Crippen LogP contribution >= 0.6 is 0 Å². The largest absolute Gasteiger partial charge is 0.493 e. The maximum atomic E-state index is 13.8. The number of esters is 1. The molecule has 208 valence electrons. The fraction of sp³-hybridized carbons (Fsp3) is 0.593. The van der Waals surface area contributed by atoms with E-state index in [1.165, 1.54) is 25.2 Å². The molecule has 4 rings (SSSR count). The Morgan fingerprint density at radius 1 is 1.16 bits per heavy atom. The van der Waals surface area contributed by atoms with Crippen LogP contribution in [0.1, 0.15) is 55.3 Å². The summed E-state index contributed by atoms with van der Waals surface area (Å²) in [6.45, 7) is 4.94. The summed E-state index contributed by atoms with van der Waals surface area (Å²) in [6, 6.07) is 2.79.